The van der Waals surface area contributed by atoms with E-state index in [4.69, 9.17) is 4.52 Å². The Balaban J connectivity index is 1.51. The van der Waals surface area contributed by atoms with Gasteiger partial charge in [0.1, 0.15) is 0 Å². The third kappa shape index (κ3) is 2.84. The van der Waals surface area contributed by atoms with Crippen molar-refractivity contribution in [1.82, 2.24) is 10.1 Å². The van der Waals surface area contributed by atoms with E-state index in [0.717, 1.165) is 29.5 Å². The van der Waals surface area contributed by atoms with Crippen LogP contribution in [0.3, 0.4) is 0 Å². The van der Waals surface area contributed by atoms with Crippen LogP contribution in [0.4, 0.5) is 0 Å². The van der Waals surface area contributed by atoms with Crippen molar-refractivity contribution < 1.29 is 19.5 Å². The minimum absolute atomic E-state index is 0.0535. The lowest BCUT2D eigenvalue weighted by Crippen LogP contribution is -2.11. The van der Waals surface area contributed by atoms with Crippen LogP contribution in [0.5, 0.6) is 5.88 Å². The van der Waals surface area contributed by atoms with Crippen LogP contribution in [0.1, 0.15) is 40.2 Å². The first kappa shape index (κ1) is 17.7. The summed E-state index contributed by atoms with van der Waals surface area (Å²) >= 11 is 0. The summed E-state index contributed by atoms with van der Waals surface area (Å²) in [5.41, 5.74) is 4.55. The number of aromatic hydroxyl groups is 1. The predicted octanol–water partition coefficient (Wildman–Crippen LogP) is 4.09. The number of fused-ring (bicyclic) bond motifs is 1. The maximum atomic E-state index is 12.7. The minimum Gasteiger partial charge on any atom is -0.494 e. The largest absolute Gasteiger partial charge is 0.494 e. The van der Waals surface area contributed by atoms with Crippen molar-refractivity contribution in [2.75, 3.05) is 6.61 Å². The van der Waals surface area contributed by atoms with Crippen LogP contribution in [0, 0.1) is 6.92 Å². The summed E-state index contributed by atoms with van der Waals surface area (Å²) in [7, 11) is 0. The van der Waals surface area contributed by atoms with Crippen LogP contribution < -0.4 is 0 Å². The number of hydrogen-bond acceptors (Lipinski definition) is 5. The van der Waals surface area contributed by atoms with Crippen molar-refractivity contribution in [2.45, 2.75) is 25.2 Å². The van der Waals surface area contributed by atoms with Crippen molar-refractivity contribution in [3.05, 3.63) is 71.1 Å². The standard InChI is InChI=1S/C23H20N2O4/c1-13-10-19(29-25-13)21(27)20-17-7-4-15(11-18(17)24-22(20)28)14-2-5-16(6-3-14)23(12-26)8-9-23/h2-7,10-11,24,26,28H,8-9,12H2,1H3. The van der Waals surface area contributed by atoms with Gasteiger partial charge in [-0.2, -0.15) is 0 Å². The molecule has 1 aliphatic carbocycles. The summed E-state index contributed by atoms with van der Waals surface area (Å²) in [6.45, 7) is 1.92. The van der Waals surface area contributed by atoms with Crippen LogP contribution >= 0.6 is 0 Å². The summed E-state index contributed by atoms with van der Waals surface area (Å²) < 4.78 is 5.06. The zero-order chi connectivity index (χ0) is 20.2. The highest BCUT2D eigenvalue weighted by molar-refractivity contribution is 6.17. The molecule has 0 aliphatic heterocycles. The number of aliphatic hydroxyl groups excluding tert-OH is 1. The number of nitrogens with zero attached hydrogens (tertiary/aromatic N) is 1. The fraction of sp³-hybridized carbons (Fsp3) is 0.217. The van der Waals surface area contributed by atoms with Crippen LogP contribution in [0.15, 0.2) is 53.1 Å². The molecule has 0 radical (unpaired) electrons. The summed E-state index contributed by atoms with van der Waals surface area (Å²) in [5.74, 6) is -0.508. The molecule has 29 heavy (non-hydrogen) atoms. The first-order valence-electron chi connectivity index (χ1n) is 9.55. The Morgan fingerprint density at radius 2 is 1.86 bits per heavy atom. The molecule has 5 rings (SSSR count). The first-order valence-corrected chi connectivity index (χ1v) is 9.55. The normalized spacial score (nSPS) is 15.0. The van der Waals surface area contributed by atoms with Crippen LogP contribution in [-0.4, -0.2) is 32.7 Å². The molecule has 1 fully saturated rings. The Kier molecular flexibility index (Phi) is 3.86. The molecule has 2 aromatic carbocycles. The highest BCUT2D eigenvalue weighted by atomic mass is 16.5. The van der Waals surface area contributed by atoms with E-state index in [1.54, 1.807) is 13.0 Å². The average Bonchev–Trinajstić information content (AvgIpc) is 3.30. The van der Waals surface area contributed by atoms with Gasteiger partial charge in [-0.15, -0.1) is 0 Å². The number of ketones is 1. The second-order valence-corrected chi connectivity index (χ2v) is 7.79. The van der Waals surface area contributed by atoms with E-state index in [1.165, 1.54) is 0 Å². The van der Waals surface area contributed by atoms with Crippen LogP contribution in [-0.2, 0) is 5.41 Å². The van der Waals surface area contributed by atoms with Gasteiger partial charge < -0.3 is 19.7 Å². The van der Waals surface area contributed by atoms with Gasteiger partial charge in [0.15, 0.2) is 0 Å². The smallest absolute Gasteiger partial charge is 0.237 e. The highest BCUT2D eigenvalue weighted by Crippen LogP contribution is 2.47. The molecular formula is C23H20N2O4. The Morgan fingerprint density at radius 3 is 2.48 bits per heavy atom. The van der Waals surface area contributed by atoms with Gasteiger partial charge in [-0.25, -0.2) is 0 Å². The molecule has 0 bridgehead atoms. The van der Waals surface area contributed by atoms with Crippen molar-refractivity contribution in [2.24, 2.45) is 0 Å². The number of carbonyl (C=O) groups excluding carboxylic acids is 1. The molecule has 0 atom stereocenters. The summed E-state index contributed by atoms with van der Waals surface area (Å²) in [6, 6.07) is 15.4. The van der Waals surface area contributed by atoms with E-state index in [2.05, 4.69) is 22.3 Å². The molecule has 2 aromatic heterocycles. The van der Waals surface area contributed by atoms with Crippen molar-refractivity contribution in [1.29, 1.82) is 0 Å². The van der Waals surface area contributed by atoms with E-state index >= 15 is 0 Å². The lowest BCUT2D eigenvalue weighted by molar-refractivity contribution is 0.0999. The average molecular weight is 388 g/mol. The summed E-state index contributed by atoms with van der Waals surface area (Å²) in [6.07, 6.45) is 2.05. The number of nitrogens with one attached hydrogen (secondary N) is 1. The summed E-state index contributed by atoms with van der Waals surface area (Å²) in [5, 5.41) is 24.3. The number of aryl methyl sites for hydroxylation is 1. The Labute approximate surface area is 166 Å². The van der Waals surface area contributed by atoms with Gasteiger partial charge in [0.05, 0.1) is 17.9 Å². The van der Waals surface area contributed by atoms with E-state index in [-0.39, 0.29) is 29.2 Å². The van der Waals surface area contributed by atoms with Gasteiger partial charge in [0.2, 0.25) is 17.4 Å². The quantitative estimate of drug-likeness (QED) is 0.447. The predicted molar refractivity (Wildman–Crippen MR) is 108 cm³/mol. The van der Waals surface area contributed by atoms with E-state index < -0.39 is 5.78 Å². The second-order valence-electron chi connectivity index (χ2n) is 7.79. The van der Waals surface area contributed by atoms with Gasteiger partial charge in [-0.05, 0) is 42.5 Å². The van der Waals surface area contributed by atoms with E-state index in [9.17, 15) is 15.0 Å². The molecule has 6 heteroatoms. The van der Waals surface area contributed by atoms with E-state index in [1.807, 2.05) is 30.3 Å². The zero-order valence-corrected chi connectivity index (χ0v) is 15.9. The molecule has 4 aromatic rings. The molecule has 146 valence electrons. The maximum absolute atomic E-state index is 12.7. The lowest BCUT2D eigenvalue weighted by Gasteiger charge is -2.12. The maximum Gasteiger partial charge on any atom is 0.237 e. The molecular weight excluding hydrogens is 368 g/mol. The van der Waals surface area contributed by atoms with Gasteiger partial charge in [0.25, 0.3) is 0 Å². The number of aromatic amines is 1. The number of aliphatic hydroxyl groups is 1. The van der Waals surface area contributed by atoms with Gasteiger partial charge in [-0.1, -0.05) is 41.6 Å². The van der Waals surface area contributed by atoms with Crippen molar-refractivity contribution >= 4 is 16.7 Å². The van der Waals surface area contributed by atoms with Crippen molar-refractivity contribution in [3.63, 3.8) is 0 Å². The molecule has 1 saturated carbocycles. The third-order valence-corrected chi connectivity index (χ3v) is 5.84. The zero-order valence-electron chi connectivity index (χ0n) is 15.9. The number of carbonyl (C=O) groups is 1. The highest BCUT2D eigenvalue weighted by Gasteiger charge is 2.43. The fourth-order valence-corrected chi connectivity index (χ4v) is 3.89. The fourth-order valence-electron chi connectivity index (χ4n) is 3.89. The first-order chi connectivity index (χ1) is 14.0. The van der Waals surface area contributed by atoms with Gasteiger partial charge in [0, 0.05) is 22.4 Å². The number of H-pyrrole nitrogens is 1. The SMILES string of the molecule is Cc1cc(C(=O)c2c(O)[nH]c3cc(-c4ccc(C5(CO)CC5)cc4)ccc23)on1. The molecule has 6 nitrogen and oxygen atoms in total. The molecule has 1 aliphatic rings. The van der Waals surface area contributed by atoms with Crippen LogP contribution in [0.2, 0.25) is 0 Å². The molecule has 0 spiro atoms. The van der Waals surface area contributed by atoms with Gasteiger partial charge in [-0.3, -0.25) is 4.79 Å². The third-order valence-electron chi connectivity index (χ3n) is 5.84. The lowest BCUT2D eigenvalue weighted by atomic mass is 9.94. The van der Waals surface area contributed by atoms with E-state index in [0.29, 0.717) is 16.6 Å². The van der Waals surface area contributed by atoms with Crippen molar-refractivity contribution in [3.8, 4) is 17.0 Å². The Hall–Kier alpha value is -3.38. The summed E-state index contributed by atoms with van der Waals surface area (Å²) in [4.78, 5) is 15.6. The molecule has 0 unspecified atom stereocenters. The topological polar surface area (TPSA) is 99.3 Å². The Morgan fingerprint density at radius 1 is 1.14 bits per heavy atom. The monoisotopic (exact) mass is 388 g/mol. The minimum atomic E-state index is -0.412. The molecule has 2 heterocycles. The Bertz CT molecular complexity index is 1230. The van der Waals surface area contributed by atoms with Crippen LogP contribution in [0.25, 0.3) is 22.0 Å². The molecule has 0 saturated heterocycles. The number of benzene rings is 2. The molecule has 0 amide bonds. The van der Waals surface area contributed by atoms with Gasteiger partial charge >= 0.3 is 0 Å². The number of rotatable bonds is 5. The molecule has 3 N–H and O–H groups in total. The number of aromatic nitrogens is 2. The second kappa shape index (κ2) is 6.32. The number of hydrogen-bond donors (Lipinski definition) is 3.